The van der Waals surface area contributed by atoms with Gasteiger partial charge in [-0.2, -0.15) is 0 Å². The Labute approximate surface area is 475 Å². The van der Waals surface area contributed by atoms with Crippen LogP contribution in [0, 0.1) is 11.6 Å². The summed E-state index contributed by atoms with van der Waals surface area (Å²) in [5.74, 6) is 0.982. The number of hydrogen-bond acceptors (Lipinski definition) is 13. The predicted octanol–water partition coefficient (Wildman–Crippen LogP) is 12.1. The molecule has 21 heteroatoms. The molecule has 0 amide bonds. The maximum Gasteiger partial charge on any atom is 0.340 e. The SMILES string of the molecule is COC(=O)c1cn(C)c2cc(N3CCN(CCc4c(-c5c(Cl)cccc5Cl)noc4C4CC4)CC3)c(F)cc12.COC(=O)c1cn(C)c2cc(N3CCNCC3)c(F)cc12.O=CCc1c(-c2c(Cl)cccc2Cl)noc1C1CC1. The second kappa shape index (κ2) is 24.1. The highest BCUT2D eigenvalue weighted by Crippen LogP contribution is 2.47. The molecule has 15 nitrogen and oxygen atoms in total. The summed E-state index contributed by atoms with van der Waals surface area (Å²) in [7, 11) is 6.34. The Morgan fingerprint density at radius 1 is 0.658 bits per heavy atom. The van der Waals surface area contributed by atoms with Crippen LogP contribution in [0.2, 0.25) is 20.1 Å². The minimum absolute atomic E-state index is 0.270. The molecule has 2 aliphatic carbocycles. The van der Waals surface area contributed by atoms with E-state index in [2.05, 4.69) is 25.4 Å². The topological polar surface area (TPSA) is 153 Å². The van der Waals surface area contributed by atoms with Crippen molar-refractivity contribution < 1.29 is 41.7 Å². The Hall–Kier alpha value is -6.47. The molecule has 12 rings (SSSR count). The highest BCUT2D eigenvalue weighted by Gasteiger charge is 2.35. The van der Waals surface area contributed by atoms with Crippen molar-refractivity contribution in [1.82, 2.24) is 29.7 Å². The number of carbonyl (C=O) groups excluding carboxylic acids is 3. The van der Waals surface area contributed by atoms with Gasteiger partial charge in [0, 0.05) is 137 Å². The van der Waals surface area contributed by atoms with Gasteiger partial charge in [-0.3, -0.25) is 4.90 Å². The minimum Gasteiger partial charge on any atom is -0.465 e. The van der Waals surface area contributed by atoms with Gasteiger partial charge < -0.3 is 47.6 Å². The predicted molar refractivity (Wildman–Crippen MR) is 304 cm³/mol. The quantitative estimate of drug-likeness (QED) is 0.0861. The number of aldehydes is 1. The number of methoxy groups -OCH3 is 2. The van der Waals surface area contributed by atoms with Crippen LogP contribution in [-0.2, 0) is 41.2 Å². The van der Waals surface area contributed by atoms with Crippen molar-refractivity contribution in [3.8, 4) is 22.5 Å². The van der Waals surface area contributed by atoms with Crippen LogP contribution < -0.4 is 15.1 Å². The standard InChI is InChI=1S/C29H29Cl2FN4O3.C15H18FN3O2.C14H11Cl2NO2/c1-34-16-20(29(37)38-2)19-14-23(32)25(15-24(19)34)36-12-10-35(11-13-36)9-8-18-27(33-39-28(18)17-6-7-17)26-21(30)4-3-5-22(26)31;1-18-9-11(15(20)21-2)10-7-12(16)14(8-13(10)18)19-5-3-17-4-6-19;15-10-2-1-3-11(16)12(10)13-9(6-7-18)14(19-17-13)8-4-5-8/h3-5,14-17H,6-13H2,1-2H3;7-9,17H,3-6H2,1-2H3;1-3,7-8H,4-6H2. The summed E-state index contributed by atoms with van der Waals surface area (Å²) < 4.78 is 54.2. The van der Waals surface area contributed by atoms with Crippen molar-refractivity contribution in [3.05, 3.63) is 139 Å². The van der Waals surface area contributed by atoms with Gasteiger partial charge in [0.25, 0.3) is 0 Å². The molecule has 0 bridgehead atoms. The number of nitrogens with zero attached hydrogens (tertiary/aromatic N) is 7. The van der Waals surface area contributed by atoms with Gasteiger partial charge in [-0.25, -0.2) is 18.4 Å². The van der Waals surface area contributed by atoms with E-state index in [1.807, 2.05) is 58.5 Å². The molecular weight excluding hydrogens is 1100 g/mol. The van der Waals surface area contributed by atoms with E-state index < -0.39 is 11.9 Å². The lowest BCUT2D eigenvalue weighted by atomic mass is 10.0. The van der Waals surface area contributed by atoms with Crippen LogP contribution in [0.1, 0.15) is 80.9 Å². The Bertz CT molecular complexity index is 3530. The first-order chi connectivity index (χ1) is 38.2. The first-order valence-electron chi connectivity index (χ1n) is 26.1. The van der Waals surface area contributed by atoms with Gasteiger partial charge in [-0.15, -0.1) is 0 Å². The summed E-state index contributed by atoms with van der Waals surface area (Å²) in [6.07, 6.45) is 9.63. The zero-order chi connectivity index (χ0) is 55.6. The number of fused-ring (bicyclic) bond motifs is 2. The van der Waals surface area contributed by atoms with E-state index in [1.165, 1.54) is 26.4 Å². The molecule has 4 aliphatic rings. The lowest BCUT2D eigenvalue weighted by molar-refractivity contribution is -0.107. The molecule has 0 spiro atoms. The molecule has 8 aromatic rings. The molecular formula is C58H58Cl4F2N8O7. The number of esters is 2. The Kier molecular flexibility index (Phi) is 17.0. The zero-order valence-electron chi connectivity index (χ0n) is 44.0. The van der Waals surface area contributed by atoms with Crippen molar-refractivity contribution in [3.63, 3.8) is 0 Å². The number of anilines is 2. The van der Waals surface area contributed by atoms with Crippen molar-refractivity contribution in [2.24, 2.45) is 14.1 Å². The Balaban J connectivity index is 0.000000148. The van der Waals surface area contributed by atoms with Crippen LogP contribution >= 0.6 is 46.4 Å². The van der Waals surface area contributed by atoms with Crippen LogP contribution in [-0.4, -0.2) is 116 Å². The van der Waals surface area contributed by atoms with Crippen LogP contribution in [0.15, 0.2) is 82.1 Å². The molecule has 414 valence electrons. The third kappa shape index (κ3) is 11.8. The van der Waals surface area contributed by atoms with Crippen LogP contribution in [0.25, 0.3) is 44.3 Å². The Morgan fingerprint density at radius 3 is 1.52 bits per heavy atom. The first kappa shape index (κ1) is 55.8. The van der Waals surface area contributed by atoms with Crippen LogP contribution in [0.4, 0.5) is 20.2 Å². The number of aryl methyl sites for hydroxylation is 2. The highest BCUT2D eigenvalue weighted by atomic mass is 35.5. The lowest BCUT2D eigenvalue weighted by Gasteiger charge is -2.36. The third-order valence-corrected chi connectivity index (χ3v) is 16.3. The zero-order valence-corrected chi connectivity index (χ0v) is 47.0. The largest absolute Gasteiger partial charge is 0.465 e. The maximum absolute atomic E-state index is 15.2. The fourth-order valence-corrected chi connectivity index (χ4v) is 11.7. The van der Waals surface area contributed by atoms with E-state index in [0.29, 0.717) is 89.5 Å². The fourth-order valence-electron chi connectivity index (χ4n) is 10.5. The van der Waals surface area contributed by atoms with E-state index in [4.69, 9.17) is 64.9 Å². The van der Waals surface area contributed by atoms with Crippen LogP contribution in [0.5, 0.6) is 0 Å². The molecule has 2 saturated heterocycles. The summed E-state index contributed by atoms with van der Waals surface area (Å²) in [6.45, 7) is 7.04. The van der Waals surface area contributed by atoms with Crippen molar-refractivity contribution >= 4 is 97.8 Å². The molecule has 1 N–H and O–H groups in total. The van der Waals surface area contributed by atoms with Gasteiger partial charge in [-0.1, -0.05) is 68.8 Å². The molecule has 2 aliphatic heterocycles. The van der Waals surface area contributed by atoms with Gasteiger partial charge in [0.15, 0.2) is 0 Å². The van der Waals surface area contributed by atoms with E-state index in [9.17, 15) is 18.8 Å². The van der Waals surface area contributed by atoms with E-state index >= 15 is 4.39 Å². The molecule has 6 heterocycles. The number of nitrogens with one attached hydrogen (secondary N) is 1. The number of carbonyl (C=O) groups is 3. The Morgan fingerprint density at radius 2 is 1.09 bits per heavy atom. The number of aromatic nitrogens is 4. The molecule has 79 heavy (non-hydrogen) atoms. The van der Waals surface area contributed by atoms with Crippen molar-refractivity contribution in [2.75, 3.05) is 82.9 Å². The number of ether oxygens (including phenoxy) is 2. The average molecular weight is 1160 g/mol. The molecule has 0 atom stereocenters. The second-order valence-corrected chi connectivity index (χ2v) is 21.7. The van der Waals surface area contributed by atoms with Gasteiger partial charge in [-0.05, 0) is 80.6 Å². The normalized spacial score (nSPS) is 15.7. The monoisotopic (exact) mass is 1160 g/mol. The number of hydrogen-bond donors (Lipinski definition) is 1. The summed E-state index contributed by atoms with van der Waals surface area (Å²) >= 11 is 25.4. The van der Waals surface area contributed by atoms with E-state index in [0.717, 1.165) is 129 Å². The summed E-state index contributed by atoms with van der Waals surface area (Å²) in [5.41, 5.74) is 8.07. The molecule has 4 fully saturated rings. The molecule has 2 saturated carbocycles. The molecule has 4 aromatic heterocycles. The van der Waals surface area contributed by atoms with E-state index in [1.54, 1.807) is 30.6 Å². The third-order valence-electron chi connectivity index (χ3n) is 15.0. The molecule has 4 aromatic carbocycles. The summed E-state index contributed by atoms with van der Waals surface area (Å²) in [4.78, 5) is 41.2. The highest BCUT2D eigenvalue weighted by molar-refractivity contribution is 6.39. The fraction of sp³-hybridized carbons (Fsp3) is 0.362. The number of rotatable bonds is 13. The van der Waals surface area contributed by atoms with Crippen LogP contribution in [0.3, 0.4) is 0 Å². The molecule has 0 radical (unpaired) electrons. The van der Waals surface area contributed by atoms with Crippen molar-refractivity contribution in [1.29, 1.82) is 0 Å². The number of piperazine rings is 2. The number of benzene rings is 4. The average Bonchev–Trinajstić information content (AvgIpc) is 4.56. The molecule has 0 unspecified atom stereocenters. The second-order valence-electron chi connectivity index (χ2n) is 20.1. The van der Waals surface area contributed by atoms with Gasteiger partial charge in [0.2, 0.25) is 0 Å². The van der Waals surface area contributed by atoms with E-state index in [-0.39, 0.29) is 18.1 Å². The van der Waals surface area contributed by atoms with Gasteiger partial charge in [0.1, 0.15) is 40.8 Å². The number of halogens is 6. The smallest absolute Gasteiger partial charge is 0.340 e. The van der Waals surface area contributed by atoms with Crippen molar-refractivity contribution in [2.45, 2.75) is 50.4 Å². The van der Waals surface area contributed by atoms with Gasteiger partial charge >= 0.3 is 11.9 Å². The lowest BCUT2D eigenvalue weighted by Crippen LogP contribution is -2.47. The summed E-state index contributed by atoms with van der Waals surface area (Å²) in [6, 6.07) is 17.2. The maximum atomic E-state index is 15.2. The van der Waals surface area contributed by atoms with Gasteiger partial charge in [0.05, 0.1) is 67.8 Å². The first-order valence-corrected chi connectivity index (χ1v) is 27.7. The summed E-state index contributed by atoms with van der Waals surface area (Å²) in [5, 5.41) is 15.0. The minimum atomic E-state index is -0.473.